The van der Waals surface area contributed by atoms with Gasteiger partial charge in [-0.15, -0.1) is 0 Å². The molecule has 0 bridgehead atoms. The third-order valence-corrected chi connectivity index (χ3v) is 5.35. The van der Waals surface area contributed by atoms with Gasteiger partial charge in [-0.3, -0.25) is 4.79 Å². The molecule has 0 aliphatic carbocycles. The van der Waals surface area contributed by atoms with E-state index in [9.17, 15) is 13.2 Å². The summed E-state index contributed by atoms with van der Waals surface area (Å²) in [7, 11) is -3.40. The van der Waals surface area contributed by atoms with Gasteiger partial charge >= 0.3 is 0 Å². The van der Waals surface area contributed by atoms with Gasteiger partial charge in [-0.25, -0.2) is 8.42 Å². The summed E-state index contributed by atoms with van der Waals surface area (Å²) in [5.74, 6) is 0.136. The zero-order valence-electron chi connectivity index (χ0n) is 12.5. The lowest BCUT2D eigenvalue weighted by Crippen LogP contribution is -2.42. The van der Waals surface area contributed by atoms with E-state index in [1.807, 2.05) is 13.8 Å². The molecule has 0 spiro atoms. The summed E-state index contributed by atoms with van der Waals surface area (Å²) < 4.78 is 25.9. The monoisotopic (exact) mass is 305 g/mol. The van der Waals surface area contributed by atoms with Crippen LogP contribution in [0.3, 0.4) is 0 Å². The van der Waals surface area contributed by atoms with Crippen LogP contribution in [-0.2, 0) is 14.8 Å². The molecule has 0 aromatic rings. The van der Waals surface area contributed by atoms with Gasteiger partial charge in [0.05, 0.1) is 12.3 Å². The molecular weight excluding hydrogens is 278 g/mol. The third kappa shape index (κ3) is 6.19. The number of carbonyl (C=O) groups is 1. The molecule has 0 radical (unpaired) electrons. The Kier molecular flexibility index (Phi) is 6.91. The largest absolute Gasteiger partial charge is 0.369 e. The molecule has 6 nitrogen and oxygen atoms in total. The Bertz CT molecular complexity index is 403. The van der Waals surface area contributed by atoms with E-state index in [1.165, 1.54) is 4.31 Å². The van der Waals surface area contributed by atoms with Crippen molar-refractivity contribution in [3.8, 4) is 0 Å². The Hall–Kier alpha value is -0.660. The molecule has 0 aromatic carbocycles. The maximum absolute atomic E-state index is 12.3. The van der Waals surface area contributed by atoms with E-state index >= 15 is 0 Å². The zero-order chi connectivity index (χ0) is 15.2. The number of hydrogen-bond acceptors (Lipinski definition) is 4. The van der Waals surface area contributed by atoms with E-state index in [2.05, 4.69) is 5.32 Å². The molecule has 1 aliphatic heterocycles. The summed E-state index contributed by atoms with van der Waals surface area (Å²) in [6, 6.07) is 0. The van der Waals surface area contributed by atoms with Crippen LogP contribution in [-0.4, -0.2) is 50.6 Å². The van der Waals surface area contributed by atoms with Gasteiger partial charge in [0.15, 0.2) is 0 Å². The Morgan fingerprint density at radius 3 is 2.45 bits per heavy atom. The van der Waals surface area contributed by atoms with Gasteiger partial charge in [-0.05, 0) is 44.2 Å². The number of nitrogens with two attached hydrogens (primary N) is 1. The summed E-state index contributed by atoms with van der Waals surface area (Å²) in [6.07, 6.45) is 2.71. The normalized spacial score (nSPS) is 17.8. The van der Waals surface area contributed by atoms with Crippen molar-refractivity contribution in [1.82, 2.24) is 9.62 Å². The molecule has 0 atom stereocenters. The first-order chi connectivity index (χ1) is 9.31. The second-order valence-electron chi connectivity index (χ2n) is 5.95. The molecule has 1 amide bonds. The summed E-state index contributed by atoms with van der Waals surface area (Å²) in [6.45, 7) is 5.90. The van der Waals surface area contributed by atoms with E-state index in [1.54, 1.807) is 0 Å². The Balaban J connectivity index is 2.58. The van der Waals surface area contributed by atoms with Crippen LogP contribution in [0.4, 0.5) is 0 Å². The van der Waals surface area contributed by atoms with Crippen LogP contribution in [0.15, 0.2) is 0 Å². The average molecular weight is 305 g/mol. The van der Waals surface area contributed by atoms with Crippen LogP contribution >= 0.6 is 0 Å². The van der Waals surface area contributed by atoms with Gasteiger partial charge in [0, 0.05) is 6.54 Å². The smallest absolute Gasteiger partial charge is 0.232 e. The van der Waals surface area contributed by atoms with Crippen molar-refractivity contribution < 1.29 is 13.2 Å². The number of rotatable bonds is 8. The number of nitrogens with zero attached hydrogens (tertiary/aromatic N) is 1. The van der Waals surface area contributed by atoms with Crippen molar-refractivity contribution in [3.05, 3.63) is 0 Å². The van der Waals surface area contributed by atoms with Crippen LogP contribution in [0.2, 0.25) is 0 Å². The van der Waals surface area contributed by atoms with E-state index < -0.39 is 15.9 Å². The molecule has 3 N–H and O–H groups in total. The summed E-state index contributed by atoms with van der Waals surface area (Å²) in [4.78, 5) is 11.1. The molecule has 1 rings (SSSR count). The van der Waals surface area contributed by atoms with Crippen LogP contribution in [0, 0.1) is 11.8 Å². The first-order valence-corrected chi connectivity index (χ1v) is 8.89. The lowest BCUT2D eigenvalue weighted by molar-refractivity contribution is -0.118. The molecule has 1 saturated heterocycles. The van der Waals surface area contributed by atoms with Crippen molar-refractivity contribution in [2.75, 3.05) is 31.9 Å². The minimum Gasteiger partial charge on any atom is -0.369 e. The molecule has 0 saturated carbocycles. The van der Waals surface area contributed by atoms with Crippen LogP contribution in [0.1, 0.15) is 33.1 Å². The number of hydrogen-bond donors (Lipinski definition) is 2. The number of piperidine rings is 1. The minimum absolute atomic E-state index is 0.109. The quantitative estimate of drug-likeness (QED) is 0.667. The Labute approximate surface area is 122 Å². The topological polar surface area (TPSA) is 92.5 Å². The lowest BCUT2D eigenvalue weighted by atomic mass is 9.96. The minimum atomic E-state index is -3.40. The van der Waals surface area contributed by atoms with Gasteiger partial charge in [0.2, 0.25) is 15.9 Å². The highest BCUT2D eigenvalue weighted by molar-refractivity contribution is 7.89. The van der Waals surface area contributed by atoms with Crippen molar-refractivity contribution in [3.63, 3.8) is 0 Å². The van der Waals surface area contributed by atoms with Crippen molar-refractivity contribution >= 4 is 15.9 Å². The Morgan fingerprint density at radius 1 is 1.35 bits per heavy atom. The molecule has 1 fully saturated rings. The number of primary amides is 1. The second kappa shape index (κ2) is 7.95. The number of sulfonamides is 1. The molecule has 1 aliphatic rings. The zero-order valence-corrected chi connectivity index (χ0v) is 13.3. The van der Waals surface area contributed by atoms with Gasteiger partial charge in [-0.2, -0.15) is 4.31 Å². The molecular formula is C13H27N3O3S. The van der Waals surface area contributed by atoms with Crippen LogP contribution in [0.25, 0.3) is 0 Å². The molecule has 1 heterocycles. The highest BCUT2D eigenvalue weighted by Gasteiger charge is 2.26. The van der Waals surface area contributed by atoms with Crippen molar-refractivity contribution in [2.24, 2.45) is 17.6 Å². The van der Waals surface area contributed by atoms with Crippen LogP contribution in [0.5, 0.6) is 0 Å². The second-order valence-corrected chi connectivity index (χ2v) is 8.04. The van der Waals surface area contributed by atoms with E-state index in [0.29, 0.717) is 18.9 Å². The van der Waals surface area contributed by atoms with E-state index in [0.717, 1.165) is 25.9 Å². The standard InChI is InChI=1S/C13H27N3O3S/c1-11(2)9-16(10-13(14)17)20(18,19)8-5-12-3-6-15-7-4-12/h11-12,15H,3-10H2,1-2H3,(H2,14,17). The molecule has 20 heavy (non-hydrogen) atoms. The maximum Gasteiger partial charge on any atom is 0.232 e. The van der Waals surface area contributed by atoms with E-state index in [-0.39, 0.29) is 18.2 Å². The average Bonchev–Trinajstić information content (AvgIpc) is 2.36. The number of amides is 1. The van der Waals surface area contributed by atoms with Gasteiger partial charge in [0.25, 0.3) is 0 Å². The van der Waals surface area contributed by atoms with Crippen LogP contribution < -0.4 is 11.1 Å². The van der Waals surface area contributed by atoms with E-state index in [4.69, 9.17) is 5.73 Å². The van der Waals surface area contributed by atoms with Gasteiger partial charge in [0.1, 0.15) is 0 Å². The highest BCUT2D eigenvalue weighted by Crippen LogP contribution is 2.18. The highest BCUT2D eigenvalue weighted by atomic mass is 32.2. The van der Waals surface area contributed by atoms with Gasteiger partial charge in [-0.1, -0.05) is 13.8 Å². The van der Waals surface area contributed by atoms with Gasteiger partial charge < -0.3 is 11.1 Å². The fourth-order valence-corrected chi connectivity index (χ4v) is 4.21. The van der Waals surface area contributed by atoms with Crippen molar-refractivity contribution in [2.45, 2.75) is 33.1 Å². The molecule has 0 unspecified atom stereocenters. The SMILES string of the molecule is CC(C)CN(CC(N)=O)S(=O)(=O)CCC1CCNCC1. The Morgan fingerprint density at radius 2 is 1.95 bits per heavy atom. The number of nitrogens with one attached hydrogen (secondary N) is 1. The fraction of sp³-hybridized carbons (Fsp3) is 0.923. The lowest BCUT2D eigenvalue weighted by Gasteiger charge is -2.26. The summed E-state index contributed by atoms with van der Waals surface area (Å²) in [5.41, 5.74) is 5.15. The molecule has 7 heteroatoms. The molecule has 0 aromatic heterocycles. The first kappa shape index (κ1) is 17.4. The third-order valence-electron chi connectivity index (χ3n) is 3.54. The predicted octanol–water partition coefficient (Wildman–Crippen LogP) is 0.149. The fourth-order valence-electron chi connectivity index (χ4n) is 2.47. The number of carbonyl (C=O) groups excluding carboxylic acids is 1. The molecule has 118 valence electrons. The maximum atomic E-state index is 12.3. The van der Waals surface area contributed by atoms with Crippen molar-refractivity contribution in [1.29, 1.82) is 0 Å². The predicted molar refractivity (Wildman–Crippen MR) is 79.6 cm³/mol. The summed E-state index contributed by atoms with van der Waals surface area (Å²) in [5, 5.41) is 3.27. The first-order valence-electron chi connectivity index (χ1n) is 7.28. The summed E-state index contributed by atoms with van der Waals surface area (Å²) >= 11 is 0.